The third-order valence-electron chi connectivity index (χ3n) is 3.77. The molecule has 2 rings (SSSR count). The van der Waals surface area contributed by atoms with Crippen LogP contribution >= 0.6 is 15.9 Å². The van der Waals surface area contributed by atoms with Crippen LogP contribution in [0.15, 0.2) is 22.7 Å². The van der Waals surface area contributed by atoms with Gasteiger partial charge < -0.3 is 4.90 Å². The number of nitrogens with zero attached hydrogens (tertiary/aromatic N) is 1. The second-order valence-corrected chi connectivity index (χ2v) is 6.39. The van der Waals surface area contributed by atoms with Gasteiger partial charge in [0.15, 0.2) is 0 Å². The zero-order valence-electron chi connectivity index (χ0n) is 12.0. The molecule has 1 unspecified atom stereocenters. The summed E-state index contributed by atoms with van der Waals surface area (Å²) < 4.78 is 0.828. The van der Waals surface area contributed by atoms with Crippen LogP contribution in [-0.2, 0) is 4.79 Å². The third-order valence-corrected chi connectivity index (χ3v) is 4.42. The van der Waals surface area contributed by atoms with Crippen molar-refractivity contribution in [3.63, 3.8) is 0 Å². The average molecular weight is 338 g/mol. The second-order valence-electron chi connectivity index (χ2n) is 5.54. The predicted octanol–water partition coefficient (Wildman–Crippen LogP) is 3.73. The molecule has 0 radical (unpaired) electrons. The molecule has 20 heavy (non-hydrogen) atoms. The number of likely N-dealkylation sites (tertiary alicyclic amines) is 1. The summed E-state index contributed by atoms with van der Waals surface area (Å²) in [6.45, 7) is 4.34. The highest BCUT2D eigenvalue weighted by molar-refractivity contribution is 9.10. The van der Waals surface area contributed by atoms with Crippen molar-refractivity contribution in [2.75, 3.05) is 6.54 Å². The standard InChI is InChI=1S/C16H20BrNO2/c1-11-6-7-14(15(17)9-11)16(20)18-8-4-3-5-13(18)10-12(2)19/h6-7,9,13H,3-5,8,10H2,1-2H3. The van der Waals surface area contributed by atoms with Crippen LogP contribution in [0.5, 0.6) is 0 Å². The number of Topliss-reactive ketones (excluding diaryl/α,β-unsaturated/α-hetero) is 1. The summed E-state index contributed by atoms with van der Waals surface area (Å²) in [4.78, 5) is 26.0. The molecule has 0 spiro atoms. The van der Waals surface area contributed by atoms with Crippen LogP contribution in [0.4, 0.5) is 0 Å². The van der Waals surface area contributed by atoms with Crippen LogP contribution in [0.25, 0.3) is 0 Å². The van der Waals surface area contributed by atoms with Gasteiger partial charge in [-0.1, -0.05) is 6.07 Å². The molecule has 4 heteroatoms. The van der Waals surface area contributed by atoms with E-state index in [4.69, 9.17) is 0 Å². The molecule has 1 aliphatic heterocycles. The molecule has 0 aromatic heterocycles. The minimum atomic E-state index is 0.0304. The lowest BCUT2D eigenvalue weighted by molar-refractivity contribution is -0.118. The number of hydrogen-bond acceptors (Lipinski definition) is 2. The molecule has 1 saturated heterocycles. The Balaban J connectivity index is 2.22. The topological polar surface area (TPSA) is 37.4 Å². The summed E-state index contributed by atoms with van der Waals surface area (Å²) in [5.41, 5.74) is 1.80. The van der Waals surface area contributed by atoms with Crippen LogP contribution < -0.4 is 0 Å². The van der Waals surface area contributed by atoms with E-state index >= 15 is 0 Å². The van der Waals surface area contributed by atoms with E-state index in [-0.39, 0.29) is 17.7 Å². The summed E-state index contributed by atoms with van der Waals surface area (Å²) in [5.74, 6) is 0.181. The van der Waals surface area contributed by atoms with Crippen molar-refractivity contribution in [1.82, 2.24) is 4.90 Å². The minimum Gasteiger partial charge on any atom is -0.335 e. The summed E-state index contributed by atoms with van der Waals surface area (Å²) in [5, 5.41) is 0. The Labute approximate surface area is 128 Å². The molecule has 1 aromatic rings. The number of benzene rings is 1. The van der Waals surface area contributed by atoms with Gasteiger partial charge in [0.1, 0.15) is 5.78 Å². The molecule has 0 aliphatic carbocycles. The zero-order valence-corrected chi connectivity index (χ0v) is 13.6. The molecule has 108 valence electrons. The van der Waals surface area contributed by atoms with Gasteiger partial charge in [-0.3, -0.25) is 9.59 Å². The Hall–Kier alpha value is -1.16. The molecule has 1 atom stereocenters. The van der Waals surface area contributed by atoms with E-state index < -0.39 is 0 Å². The van der Waals surface area contributed by atoms with Crippen LogP contribution in [0.1, 0.15) is 48.5 Å². The maximum absolute atomic E-state index is 12.7. The Kier molecular flexibility index (Phi) is 4.97. The van der Waals surface area contributed by atoms with E-state index in [0.29, 0.717) is 12.0 Å². The predicted molar refractivity (Wildman–Crippen MR) is 82.9 cm³/mol. The smallest absolute Gasteiger partial charge is 0.255 e. The first-order chi connectivity index (χ1) is 9.49. The lowest BCUT2D eigenvalue weighted by Gasteiger charge is -2.35. The van der Waals surface area contributed by atoms with Gasteiger partial charge in [-0.2, -0.15) is 0 Å². The number of rotatable bonds is 3. The zero-order chi connectivity index (χ0) is 14.7. The maximum atomic E-state index is 12.7. The number of piperidine rings is 1. The first-order valence-electron chi connectivity index (χ1n) is 7.05. The van der Waals surface area contributed by atoms with Crippen molar-refractivity contribution in [1.29, 1.82) is 0 Å². The first kappa shape index (κ1) is 15.2. The van der Waals surface area contributed by atoms with Gasteiger partial charge in [-0.25, -0.2) is 0 Å². The van der Waals surface area contributed by atoms with Crippen molar-refractivity contribution in [2.24, 2.45) is 0 Å². The number of amides is 1. The van der Waals surface area contributed by atoms with Crippen LogP contribution in [0.2, 0.25) is 0 Å². The third kappa shape index (κ3) is 3.48. The summed E-state index contributed by atoms with van der Waals surface area (Å²) in [6.07, 6.45) is 3.50. The summed E-state index contributed by atoms with van der Waals surface area (Å²) >= 11 is 3.47. The van der Waals surface area contributed by atoms with Gasteiger partial charge in [0, 0.05) is 23.5 Å². The lowest BCUT2D eigenvalue weighted by atomic mass is 9.96. The minimum absolute atomic E-state index is 0.0304. The van der Waals surface area contributed by atoms with E-state index in [0.717, 1.165) is 35.8 Å². The molecule has 0 bridgehead atoms. The van der Waals surface area contributed by atoms with Crippen LogP contribution in [-0.4, -0.2) is 29.2 Å². The number of carbonyl (C=O) groups is 2. The van der Waals surface area contributed by atoms with Gasteiger partial charge in [0.25, 0.3) is 5.91 Å². The molecule has 3 nitrogen and oxygen atoms in total. The van der Waals surface area contributed by atoms with E-state index in [1.165, 1.54) is 0 Å². The van der Waals surface area contributed by atoms with Crippen molar-refractivity contribution in [3.8, 4) is 0 Å². The fourth-order valence-corrected chi connectivity index (χ4v) is 3.42. The van der Waals surface area contributed by atoms with Gasteiger partial charge in [-0.05, 0) is 66.7 Å². The van der Waals surface area contributed by atoms with E-state index in [1.54, 1.807) is 6.92 Å². The number of carbonyl (C=O) groups excluding carboxylic acids is 2. The highest BCUT2D eigenvalue weighted by Gasteiger charge is 2.29. The Morgan fingerprint density at radius 3 is 2.75 bits per heavy atom. The molecule has 1 aromatic carbocycles. The highest BCUT2D eigenvalue weighted by atomic mass is 79.9. The van der Waals surface area contributed by atoms with Gasteiger partial charge >= 0.3 is 0 Å². The molecule has 0 saturated carbocycles. The number of ketones is 1. The van der Waals surface area contributed by atoms with Crippen molar-refractivity contribution in [3.05, 3.63) is 33.8 Å². The van der Waals surface area contributed by atoms with Gasteiger partial charge in [0.05, 0.1) is 5.56 Å². The van der Waals surface area contributed by atoms with E-state index in [2.05, 4.69) is 15.9 Å². The van der Waals surface area contributed by atoms with Crippen LogP contribution in [0, 0.1) is 6.92 Å². The Bertz CT molecular complexity index is 527. The molecular formula is C16H20BrNO2. The lowest BCUT2D eigenvalue weighted by Crippen LogP contribution is -2.44. The average Bonchev–Trinajstić information content (AvgIpc) is 2.38. The highest BCUT2D eigenvalue weighted by Crippen LogP contribution is 2.26. The second kappa shape index (κ2) is 6.53. The number of halogens is 1. The quantitative estimate of drug-likeness (QED) is 0.842. The molecule has 1 amide bonds. The number of hydrogen-bond donors (Lipinski definition) is 0. The molecule has 1 aliphatic rings. The maximum Gasteiger partial charge on any atom is 0.255 e. The molecule has 0 N–H and O–H groups in total. The fraction of sp³-hybridized carbons (Fsp3) is 0.500. The van der Waals surface area contributed by atoms with E-state index in [9.17, 15) is 9.59 Å². The Morgan fingerprint density at radius 2 is 2.10 bits per heavy atom. The summed E-state index contributed by atoms with van der Waals surface area (Å²) in [6, 6.07) is 5.82. The normalized spacial score (nSPS) is 18.9. The van der Waals surface area contributed by atoms with Crippen LogP contribution in [0.3, 0.4) is 0 Å². The van der Waals surface area contributed by atoms with Gasteiger partial charge in [-0.15, -0.1) is 0 Å². The monoisotopic (exact) mass is 337 g/mol. The van der Waals surface area contributed by atoms with Crippen molar-refractivity contribution >= 4 is 27.6 Å². The first-order valence-corrected chi connectivity index (χ1v) is 7.85. The van der Waals surface area contributed by atoms with Crippen molar-refractivity contribution < 1.29 is 9.59 Å². The summed E-state index contributed by atoms with van der Waals surface area (Å²) in [7, 11) is 0. The molecule has 1 heterocycles. The Morgan fingerprint density at radius 1 is 1.35 bits per heavy atom. The SMILES string of the molecule is CC(=O)CC1CCCCN1C(=O)c1ccc(C)cc1Br. The fourth-order valence-electron chi connectivity index (χ4n) is 2.76. The van der Waals surface area contributed by atoms with Crippen molar-refractivity contribution in [2.45, 2.75) is 45.6 Å². The molecule has 1 fully saturated rings. The van der Waals surface area contributed by atoms with Gasteiger partial charge in [0.2, 0.25) is 0 Å². The number of aryl methyl sites for hydroxylation is 1. The van der Waals surface area contributed by atoms with E-state index in [1.807, 2.05) is 30.0 Å². The largest absolute Gasteiger partial charge is 0.335 e. The molecular weight excluding hydrogens is 318 g/mol.